The smallest absolute Gasteiger partial charge is 0.123 e. The maximum Gasteiger partial charge on any atom is 0.123 e. The van der Waals surface area contributed by atoms with Gasteiger partial charge in [-0.2, -0.15) is 5.10 Å². The van der Waals surface area contributed by atoms with Gasteiger partial charge in [-0.15, -0.1) is 0 Å². The van der Waals surface area contributed by atoms with E-state index in [4.69, 9.17) is 9.40 Å². The molecular weight excluding hydrogens is 278 g/mol. The minimum absolute atomic E-state index is 0.727. The van der Waals surface area contributed by atoms with Crippen LogP contribution in [0.4, 0.5) is 0 Å². The molecule has 0 amide bonds. The summed E-state index contributed by atoms with van der Waals surface area (Å²) in [5, 5.41) is 4.24. The molecule has 6 heteroatoms. The quantitative estimate of drug-likeness (QED) is 0.739. The van der Waals surface area contributed by atoms with Crippen LogP contribution >= 0.6 is 0 Å². The van der Waals surface area contributed by atoms with E-state index in [0.29, 0.717) is 0 Å². The Labute approximate surface area is 129 Å². The summed E-state index contributed by atoms with van der Waals surface area (Å²) in [6.45, 7) is 6.40. The summed E-state index contributed by atoms with van der Waals surface area (Å²) in [5.41, 5.74) is 1.06. The number of hydrogen-bond donors (Lipinski definition) is 0. The molecule has 3 aromatic rings. The molecule has 0 bridgehead atoms. The van der Waals surface area contributed by atoms with E-state index in [1.54, 1.807) is 6.20 Å². The van der Waals surface area contributed by atoms with Gasteiger partial charge in [0.05, 0.1) is 25.3 Å². The molecule has 114 valence electrons. The van der Waals surface area contributed by atoms with E-state index < -0.39 is 0 Å². The van der Waals surface area contributed by atoms with Crippen LogP contribution in [-0.2, 0) is 26.2 Å². The second kappa shape index (κ2) is 5.46. The molecule has 22 heavy (non-hydrogen) atoms. The van der Waals surface area contributed by atoms with Crippen LogP contribution in [0.15, 0.2) is 41.2 Å². The molecule has 6 nitrogen and oxygen atoms in total. The number of nitrogens with zero attached hydrogens (tertiary/aromatic N) is 5. The van der Waals surface area contributed by atoms with Gasteiger partial charge >= 0.3 is 0 Å². The molecule has 0 aromatic carbocycles. The molecule has 4 heterocycles. The zero-order valence-electron chi connectivity index (χ0n) is 12.6. The summed E-state index contributed by atoms with van der Waals surface area (Å²) < 4.78 is 9.82. The van der Waals surface area contributed by atoms with E-state index in [-0.39, 0.29) is 0 Å². The molecule has 1 aliphatic heterocycles. The number of aromatic nitrogens is 4. The summed E-state index contributed by atoms with van der Waals surface area (Å²) in [5.74, 6) is 3.11. The maximum absolute atomic E-state index is 5.67. The lowest BCUT2D eigenvalue weighted by Gasteiger charge is -2.26. The Balaban J connectivity index is 1.45. The SMILES string of the molecule is Cc1ccc(CN2CCn3cc(Cn4cccn4)nc3C2)o1. The Morgan fingerprint density at radius 1 is 1.23 bits per heavy atom. The largest absolute Gasteiger partial charge is 0.465 e. The van der Waals surface area contributed by atoms with Gasteiger partial charge in [-0.1, -0.05) is 0 Å². The Morgan fingerprint density at radius 2 is 2.18 bits per heavy atom. The molecule has 0 unspecified atom stereocenters. The molecule has 0 radical (unpaired) electrons. The molecule has 0 N–H and O–H groups in total. The number of hydrogen-bond acceptors (Lipinski definition) is 4. The Hall–Kier alpha value is -2.34. The second-order valence-corrected chi connectivity index (χ2v) is 5.77. The van der Waals surface area contributed by atoms with Crippen molar-refractivity contribution < 1.29 is 4.42 Å². The van der Waals surface area contributed by atoms with Gasteiger partial charge in [-0.05, 0) is 25.1 Å². The molecule has 0 saturated carbocycles. The van der Waals surface area contributed by atoms with Gasteiger partial charge in [0.2, 0.25) is 0 Å². The third-order valence-electron chi connectivity index (χ3n) is 3.99. The minimum atomic E-state index is 0.727. The van der Waals surface area contributed by atoms with Gasteiger partial charge in [-0.25, -0.2) is 4.98 Å². The molecule has 4 rings (SSSR count). The molecular formula is C16H19N5O. The van der Waals surface area contributed by atoms with Gasteiger partial charge in [0, 0.05) is 31.7 Å². The molecule has 0 atom stereocenters. The Bertz CT molecular complexity index is 755. The maximum atomic E-state index is 5.67. The molecule has 3 aromatic heterocycles. The van der Waals surface area contributed by atoms with Crippen LogP contribution < -0.4 is 0 Å². The van der Waals surface area contributed by atoms with Crippen LogP contribution in [0.2, 0.25) is 0 Å². The van der Waals surface area contributed by atoms with Crippen molar-refractivity contribution in [1.82, 2.24) is 24.2 Å². The first-order valence-corrected chi connectivity index (χ1v) is 7.56. The average Bonchev–Trinajstić information content (AvgIpc) is 3.20. The number of imidazole rings is 1. The summed E-state index contributed by atoms with van der Waals surface area (Å²) in [6, 6.07) is 6.01. The minimum Gasteiger partial charge on any atom is -0.465 e. The average molecular weight is 297 g/mol. The fraction of sp³-hybridized carbons (Fsp3) is 0.375. The highest BCUT2D eigenvalue weighted by Crippen LogP contribution is 2.17. The number of fused-ring (bicyclic) bond motifs is 1. The highest BCUT2D eigenvalue weighted by atomic mass is 16.3. The fourth-order valence-electron chi connectivity index (χ4n) is 2.92. The van der Waals surface area contributed by atoms with Gasteiger partial charge in [-0.3, -0.25) is 9.58 Å². The van der Waals surface area contributed by atoms with Crippen LogP contribution in [0.1, 0.15) is 23.0 Å². The van der Waals surface area contributed by atoms with Gasteiger partial charge < -0.3 is 8.98 Å². The van der Waals surface area contributed by atoms with Crippen LogP contribution in [0, 0.1) is 6.92 Å². The summed E-state index contributed by atoms with van der Waals surface area (Å²) >= 11 is 0. The predicted octanol–water partition coefficient (Wildman–Crippen LogP) is 2.05. The first-order valence-electron chi connectivity index (χ1n) is 7.56. The van der Waals surface area contributed by atoms with Crippen LogP contribution in [0.5, 0.6) is 0 Å². The van der Waals surface area contributed by atoms with Crippen molar-refractivity contribution in [2.24, 2.45) is 0 Å². The van der Waals surface area contributed by atoms with Crippen molar-refractivity contribution in [2.45, 2.75) is 33.1 Å². The third-order valence-corrected chi connectivity index (χ3v) is 3.99. The second-order valence-electron chi connectivity index (χ2n) is 5.77. The normalized spacial score (nSPS) is 15.1. The summed E-state index contributed by atoms with van der Waals surface area (Å²) in [6.07, 6.45) is 5.90. The van der Waals surface area contributed by atoms with E-state index in [1.807, 2.05) is 29.9 Å². The van der Waals surface area contributed by atoms with Crippen LogP contribution in [-0.4, -0.2) is 30.8 Å². The van der Waals surface area contributed by atoms with Crippen molar-refractivity contribution in [3.05, 3.63) is 59.8 Å². The number of rotatable bonds is 4. The number of aryl methyl sites for hydroxylation is 1. The van der Waals surface area contributed by atoms with Gasteiger partial charge in [0.25, 0.3) is 0 Å². The van der Waals surface area contributed by atoms with E-state index in [0.717, 1.165) is 55.8 Å². The van der Waals surface area contributed by atoms with Crippen molar-refractivity contribution >= 4 is 0 Å². The first kappa shape index (κ1) is 13.3. The molecule has 1 aliphatic rings. The van der Waals surface area contributed by atoms with Crippen molar-refractivity contribution in [3.8, 4) is 0 Å². The lowest BCUT2D eigenvalue weighted by atomic mass is 10.3. The first-order chi connectivity index (χ1) is 10.8. The van der Waals surface area contributed by atoms with E-state index in [9.17, 15) is 0 Å². The lowest BCUT2D eigenvalue weighted by Crippen LogP contribution is -2.33. The van der Waals surface area contributed by atoms with Gasteiger partial charge in [0.15, 0.2) is 0 Å². The summed E-state index contributed by atoms with van der Waals surface area (Å²) in [7, 11) is 0. The van der Waals surface area contributed by atoms with Crippen LogP contribution in [0.25, 0.3) is 0 Å². The molecule has 0 aliphatic carbocycles. The standard InChI is InChI=1S/C16H19N5O/c1-13-3-4-15(22-13)11-19-7-8-20-9-14(18-16(20)12-19)10-21-6-2-5-17-21/h2-6,9H,7-8,10-12H2,1H3. The highest BCUT2D eigenvalue weighted by Gasteiger charge is 2.19. The third kappa shape index (κ3) is 2.69. The van der Waals surface area contributed by atoms with Crippen molar-refractivity contribution in [3.63, 3.8) is 0 Å². The van der Waals surface area contributed by atoms with Crippen molar-refractivity contribution in [2.75, 3.05) is 6.54 Å². The molecule has 0 fully saturated rings. The zero-order chi connectivity index (χ0) is 14.9. The number of furan rings is 1. The van der Waals surface area contributed by atoms with Gasteiger partial charge in [0.1, 0.15) is 17.3 Å². The zero-order valence-corrected chi connectivity index (χ0v) is 12.6. The van der Waals surface area contributed by atoms with E-state index in [2.05, 4.69) is 26.8 Å². The Kier molecular flexibility index (Phi) is 3.31. The summed E-state index contributed by atoms with van der Waals surface area (Å²) in [4.78, 5) is 7.13. The van der Waals surface area contributed by atoms with E-state index >= 15 is 0 Å². The van der Waals surface area contributed by atoms with Crippen LogP contribution in [0.3, 0.4) is 0 Å². The highest BCUT2D eigenvalue weighted by molar-refractivity contribution is 5.09. The topological polar surface area (TPSA) is 52.0 Å². The van der Waals surface area contributed by atoms with Crippen molar-refractivity contribution in [1.29, 1.82) is 0 Å². The fourth-order valence-corrected chi connectivity index (χ4v) is 2.92. The lowest BCUT2D eigenvalue weighted by molar-refractivity contribution is 0.193. The predicted molar refractivity (Wildman–Crippen MR) is 81.1 cm³/mol. The Morgan fingerprint density at radius 3 is 2.95 bits per heavy atom. The van der Waals surface area contributed by atoms with E-state index in [1.165, 1.54) is 0 Å². The monoisotopic (exact) mass is 297 g/mol. The molecule has 0 spiro atoms. The molecule has 0 saturated heterocycles.